The normalized spacial score (nSPS) is 20.6. The smallest absolute Gasteiger partial charge is 0.101 e. The monoisotopic (exact) mass is 192 g/mol. The first-order valence-corrected chi connectivity index (χ1v) is 4.99. The Morgan fingerprint density at radius 2 is 2.14 bits per heavy atom. The van der Waals surface area contributed by atoms with Crippen LogP contribution in [0.25, 0.3) is 0 Å². The second-order valence-corrected chi connectivity index (χ2v) is 3.49. The molecule has 1 saturated heterocycles. The third kappa shape index (κ3) is 2.09. The summed E-state index contributed by atoms with van der Waals surface area (Å²) in [5.41, 5.74) is 7.06. The van der Waals surface area contributed by atoms with Gasteiger partial charge in [0.1, 0.15) is 6.17 Å². The third-order valence-corrected chi connectivity index (χ3v) is 2.54. The highest BCUT2D eigenvalue weighted by atomic mass is 15.3. The first-order chi connectivity index (χ1) is 6.88. The van der Waals surface area contributed by atoms with Gasteiger partial charge in [0.2, 0.25) is 0 Å². The van der Waals surface area contributed by atoms with Gasteiger partial charge in [-0.2, -0.15) is 0 Å². The maximum absolute atomic E-state index is 6.11. The average Bonchev–Trinajstić information content (AvgIpc) is 2.30. The summed E-state index contributed by atoms with van der Waals surface area (Å²) in [4.78, 5) is 6.52. The van der Waals surface area contributed by atoms with E-state index in [1.54, 1.807) is 6.20 Å². The Balaban J connectivity index is 2.03. The third-order valence-electron chi connectivity index (χ3n) is 2.54. The van der Waals surface area contributed by atoms with Gasteiger partial charge in [-0.25, -0.2) is 0 Å². The number of nitrogens with one attached hydrogen (secondary N) is 1. The van der Waals surface area contributed by atoms with Crippen LogP contribution in [-0.2, 0) is 0 Å². The summed E-state index contributed by atoms with van der Waals surface area (Å²) in [5.74, 6) is 0. The van der Waals surface area contributed by atoms with E-state index in [1.165, 1.54) is 0 Å². The lowest BCUT2D eigenvalue weighted by Gasteiger charge is -2.31. The van der Waals surface area contributed by atoms with E-state index in [4.69, 9.17) is 5.73 Å². The van der Waals surface area contributed by atoms with E-state index < -0.39 is 0 Å². The molecule has 76 valence electrons. The van der Waals surface area contributed by atoms with Crippen molar-refractivity contribution in [3.63, 3.8) is 0 Å². The molecule has 1 fully saturated rings. The molecule has 3 N–H and O–H groups in total. The minimum absolute atomic E-state index is 0.0571. The van der Waals surface area contributed by atoms with E-state index >= 15 is 0 Å². The van der Waals surface area contributed by atoms with E-state index in [0.717, 1.165) is 31.9 Å². The van der Waals surface area contributed by atoms with Gasteiger partial charge in [0.05, 0.1) is 5.69 Å². The highest BCUT2D eigenvalue weighted by molar-refractivity contribution is 5.07. The molecule has 1 aromatic rings. The van der Waals surface area contributed by atoms with Gasteiger partial charge >= 0.3 is 0 Å². The average molecular weight is 192 g/mol. The number of pyridine rings is 1. The molecule has 2 heterocycles. The predicted molar refractivity (Wildman–Crippen MR) is 55.6 cm³/mol. The quantitative estimate of drug-likeness (QED) is 0.689. The zero-order valence-corrected chi connectivity index (χ0v) is 8.19. The molecule has 0 aromatic carbocycles. The van der Waals surface area contributed by atoms with Crippen molar-refractivity contribution in [1.29, 1.82) is 0 Å². The van der Waals surface area contributed by atoms with Crippen molar-refractivity contribution < 1.29 is 0 Å². The predicted octanol–water partition coefficient (Wildman–Crippen LogP) is -0.0559. The molecule has 0 bridgehead atoms. The fraction of sp³-hybridized carbons (Fsp3) is 0.500. The molecule has 4 nitrogen and oxygen atoms in total. The molecule has 1 aromatic heterocycles. The van der Waals surface area contributed by atoms with Crippen LogP contribution in [0.15, 0.2) is 24.4 Å². The lowest BCUT2D eigenvalue weighted by Crippen LogP contribution is -2.47. The Morgan fingerprint density at radius 3 is 2.79 bits per heavy atom. The summed E-state index contributed by atoms with van der Waals surface area (Å²) in [6, 6.07) is 5.87. The highest BCUT2D eigenvalue weighted by Gasteiger charge is 2.18. The van der Waals surface area contributed by atoms with Gasteiger partial charge in [0, 0.05) is 32.4 Å². The van der Waals surface area contributed by atoms with Crippen molar-refractivity contribution in [3.05, 3.63) is 30.1 Å². The SMILES string of the molecule is NC(c1ccccn1)N1CCNCC1. The molecular formula is C10H16N4. The van der Waals surface area contributed by atoms with Crippen molar-refractivity contribution >= 4 is 0 Å². The van der Waals surface area contributed by atoms with Crippen LogP contribution >= 0.6 is 0 Å². The van der Waals surface area contributed by atoms with Crippen LogP contribution in [0, 0.1) is 0 Å². The molecule has 0 spiro atoms. The van der Waals surface area contributed by atoms with Crippen molar-refractivity contribution in [1.82, 2.24) is 15.2 Å². The van der Waals surface area contributed by atoms with E-state index in [-0.39, 0.29) is 6.17 Å². The van der Waals surface area contributed by atoms with Crippen LogP contribution in [0.1, 0.15) is 11.9 Å². The zero-order valence-electron chi connectivity index (χ0n) is 8.19. The summed E-state index contributed by atoms with van der Waals surface area (Å²) in [7, 11) is 0. The number of nitrogens with zero attached hydrogens (tertiary/aromatic N) is 2. The van der Waals surface area contributed by atoms with Crippen molar-refractivity contribution in [2.75, 3.05) is 26.2 Å². The van der Waals surface area contributed by atoms with Crippen LogP contribution in [0.5, 0.6) is 0 Å². The van der Waals surface area contributed by atoms with E-state index in [1.807, 2.05) is 18.2 Å². The van der Waals surface area contributed by atoms with Crippen LogP contribution in [0.2, 0.25) is 0 Å². The summed E-state index contributed by atoms with van der Waals surface area (Å²) in [5, 5.41) is 3.30. The molecule has 0 radical (unpaired) electrons. The Bertz CT molecular complexity index is 269. The molecule has 2 rings (SSSR count). The number of nitrogens with two attached hydrogens (primary N) is 1. The Kier molecular flexibility index (Phi) is 3.08. The maximum Gasteiger partial charge on any atom is 0.101 e. The lowest BCUT2D eigenvalue weighted by molar-refractivity contribution is 0.174. The van der Waals surface area contributed by atoms with E-state index in [2.05, 4.69) is 15.2 Å². The molecule has 14 heavy (non-hydrogen) atoms. The van der Waals surface area contributed by atoms with Crippen LogP contribution in [0.3, 0.4) is 0 Å². The second-order valence-electron chi connectivity index (χ2n) is 3.49. The summed E-state index contributed by atoms with van der Waals surface area (Å²) in [6.07, 6.45) is 1.73. The molecule has 1 aliphatic rings. The van der Waals surface area contributed by atoms with Crippen LogP contribution < -0.4 is 11.1 Å². The number of hydrogen-bond donors (Lipinski definition) is 2. The molecule has 0 amide bonds. The van der Waals surface area contributed by atoms with E-state index in [9.17, 15) is 0 Å². The Labute approximate surface area is 84.1 Å². The largest absolute Gasteiger partial charge is 0.314 e. The molecule has 0 aliphatic carbocycles. The number of rotatable bonds is 2. The topological polar surface area (TPSA) is 54.2 Å². The Hall–Kier alpha value is -0.970. The first-order valence-electron chi connectivity index (χ1n) is 4.99. The maximum atomic E-state index is 6.11. The van der Waals surface area contributed by atoms with Gasteiger partial charge in [0.15, 0.2) is 0 Å². The van der Waals surface area contributed by atoms with Gasteiger partial charge in [-0.3, -0.25) is 9.88 Å². The van der Waals surface area contributed by atoms with Gasteiger partial charge in [-0.1, -0.05) is 6.07 Å². The van der Waals surface area contributed by atoms with Gasteiger partial charge in [-0.05, 0) is 12.1 Å². The number of hydrogen-bond acceptors (Lipinski definition) is 4. The fourth-order valence-electron chi connectivity index (χ4n) is 1.70. The van der Waals surface area contributed by atoms with Crippen molar-refractivity contribution in [3.8, 4) is 0 Å². The zero-order chi connectivity index (χ0) is 9.80. The molecule has 1 unspecified atom stereocenters. The number of aromatic nitrogens is 1. The minimum Gasteiger partial charge on any atom is -0.314 e. The number of piperazine rings is 1. The van der Waals surface area contributed by atoms with Gasteiger partial charge in [-0.15, -0.1) is 0 Å². The minimum atomic E-state index is -0.0571. The summed E-state index contributed by atoms with van der Waals surface area (Å²) in [6.45, 7) is 4.02. The molecule has 4 heteroatoms. The fourth-order valence-corrected chi connectivity index (χ4v) is 1.70. The van der Waals surface area contributed by atoms with Gasteiger partial charge < -0.3 is 11.1 Å². The Morgan fingerprint density at radius 1 is 1.36 bits per heavy atom. The van der Waals surface area contributed by atoms with Gasteiger partial charge in [0.25, 0.3) is 0 Å². The van der Waals surface area contributed by atoms with Crippen LogP contribution in [-0.4, -0.2) is 36.1 Å². The lowest BCUT2D eigenvalue weighted by atomic mass is 10.2. The summed E-state index contributed by atoms with van der Waals surface area (Å²) < 4.78 is 0. The second kappa shape index (κ2) is 4.50. The summed E-state index contributed by atoms with van der Waals surface area (Å²) >= 11 is 0. The first kappa shape index (κ1) is 9.58. The highest BCUT2D eigenvalue weighted by Crippen LogP contribution is 2.12. The van der Waals surface area contributed by atoms with Crippen molar-refractivity contribution in [2.24, 2.45) is 5.73 Å². The molecular weight excluding hydrogens is 176 g/mol. The van der Waals surface area contributed by atoms with E-state index in [0.29, 0.717) is 0 Å². The molecule has 0 saturated carbocycles. The van der Waals surface area contributed by atoms with Crippen molar-refractivity contribution in [2.45, 2.75) is 6.17 Å². The standard InChI is InChI=1S/C10H16N4/c11-10(9-3-1-2-4-13-9)14-7-5-12-6-8-14/h1-4,10,12H,5-8,11H2. The van der Waals surface area contributed by atoms with Crippen LogP contribution in [0.4, 0.5) is 0 Å². The molecule has 1 aliphatic heterocycles. The molecule has 1 atom stereocenters.